The van der Waals surface area contributed by atoms with E-state index in [0.717, 1.165) is 12.2 Å². The van der Waals surface area contributed by atoms with E-state index in [1.165, 1.54) is 23.5 Å². The molecule has 1 aliphatic heterocycles. The summed E-state index contributed by atoms with van der Waals surface area (Å²) in [5.74, 6) is -0.0912. The zero-order valence-electron chi connectivity index (χ0n) is 10.3. The number of esters is 1. The Morgan fingerprint density at radius 1 is 1.72 bits per heavy atom. The van der Waals surface area contributed by atoms with Gasteiger partial charge in [0.05, 0.1) is 4.92 Å². The van der Waals surface area contributed by atoms with Crippen molar-refractivity contribution in [1.82, 2.24) is 5.32 Å². The first-order valence-corrected chi connectivity index (χ1v) is 7.79. The molecule has 1 heterocycles. The van der Waals surface area contributed by atoms with Crippen molar-refractivity contribution in [3.8, 4) is 0 Å². The topological polar surface area (TPSA) is 81.5 Å². The first-order chi connectivity index (χ1) is 8.56. The van der Waals surface area contributed by atoms with E-state index in [1.807, 2.05) is 13.2 Å². The Kier molecular flexibility index (Phi) is 6.34. The van der Waals surface area contributed by atoms with Crippen molar-refractivity contribution in [1.29, 1.82) is 0 Å². The molecule has 6 nitrogen and oxygen atoms in total. The van der Waals surface area contributed by atoms with Crippen LogP contribution in [0.15, 0.2) is 10.7 Å². The maximum Gasteiger partial charge on any atom is 0.412 e. The van der Waals surface area contributed by atoms with E-state index >= 15 is 0 Å². The van der Waals surface area contributed by atoms with Gasteiger partial charge in [0.25, 0.3) is 0 Å². The van der Waals surface area contributed by atoms with E-state index in [0.29, 0.717) is 11.6 Å². The Bertz CT molecular complexity index is 352. The van der Waals surface area contributed by atoms with Gasteiger partial charge in [-0.1, -0.05) is 6.92 Å². The Morgan fingerprint density at radius 3 is 2.94 bits per heavy atom. The van der Waals surface area contributed by atoms with E-state index in [2.05, 4.69) is 5.32 Å². The third-order valence-corrected chi connectivity index (χ3v) is 4.36. The van der Waals surface area contributed by atoms with Gasteiger partial charge >= 0.3 is 11.7 Å². The van der Waals surface area contributed by atoms with Crippen molar-refractivity contribution in [3.05, 3.63) is 20.8 Å². The number of nitrogens with one attached hydrogen (secondary N) is 1. The van der Waals surface area contributed by atoms with Crippen LogP contribution in [-0.4, -0.2) is 41.3 Å². The van der Waals surface area contributed by atoms with Crippen LogP contribution >= 0.6 is 23.5 Å². The third-order valence-electron chi connectivity index (χ3n) is 2.30. The van der Waals surface area contributed by atoms with Crippen molar-refractivity contribution in [2.24, 2.45) is 0 Å². The number of thioether (sulfide) groups is 2. The second-order valence-electron chi connectivity index (χ2n) is 3.71. The smallest absolute Gasteiger partial charge is 0.412 e. The van der Waals surface area contributed by atoms with Crippen LogP contribution in [0.3, 0.4) is 0 Å². The molecular formula is C10H16N2O4S2. The first-order valence-electron chi connectivity index (χ1n) is 5.51. The zero-order chi connectivity index (χ0) is 13.5. The SMILES string of the molecule is CSC(C)COC(=O)/C(=C1\NCCCS1)[N+](=O)[O-]. The van der Waals surface area contributed by atoms with Crippen molar-refractivity contribution in [2.75, 3.05) is 25.2 Å². The number of nitrogens with zero attached hydrogens (tertiary/aromatic N) is 1. The summed E-state index contributed by atoms with van der Waals surface area (Å²) in [7, 11) is 0. The summed E-state index contributed by atoms with van der Waals surface area (Å²) in [5, 5.41) is 14.3. The Hall–Kier alpha value is -0.890. The van der Waals surface area contributed by atoms with Crippen molar-refractivity contribution < 1.29 is 14.5 Å². The lowest BCUT2D eigenvalue weighted by atomic mass is 10.4. The van der Waals surface area contributed by atoms with Gasteiger partial charge in [0.15, 0.2) is 5.03 Å². The van der Waals surface area contributed by atoms with Crippen LogP contribution in [0.2, 0.25) is 0 Å². The number of carbonyl (C=O) groups is 1. The van der Waals surface area contributed by atoms with Gasteiger partial charge in [-0.05, 0) is 12.7 Å². The molecule has 1 fully saturated rings. The largest absolute Gasteiger partial charge is 0.456 e. The van der Waals surface area contributed by atoms with Gasteiger partial charge in [-0.25, -0.2) is 4.79 Å². The summed E-state index contributed by atoms with van der Waals surface area (Å²) in [6.07, 6.45) is 2.82. The van der Waals surface area contributed by atoms with E-state index < -0.39 is 16.6 Å². The maximum atomic E-state index is 11.7. The molecule has 0 amide bonds. The molecule has 8 heteroatoms. The molecule has 0 radical (unpaired) electrons. The monoisotopic (exact) mass is 292 g/mol. The molecule has 0 saturated carbocycles. The van der Waals surface area contributed by atoms with E-state index in [4.69, 9.17) is 4.74 Å². The molecule has 102 valence electrons. The van der Waals surface area contributed by atoms with Gasteiger partial charge in [0, 0.05) is 17.5 Å². The van der Waals surface area contributed by atoms with Crippen molar-refractivity contribution in [3.63, 3.8) is 0 Å². The molecule has 0 aromatic rings. The van der Waals surface area contributed by atoms with Crippen LogP contribution in [0.25, 0.3) is 0 Å². The lowest BCUT2D eigenvalue weighted by Crippen LogP contribution is -2.27. The molecule has 18 heavy (non-hydrogen) atoms. The van der Waals surface area contributed by atoms with E-state index in [-0.39, 0.29) is 11.9 Å². The first kappa shape index (κ1) is 15.2. The highest BCUT2D eigenvalue weighted by molar-refractivity contribution is 8.03. The molecule has 1 unspecified atom stereocenters. The summed E-state index contributed by atoms with van der Waals surface area (Å²) >= 11 is 2.83. The second-order valence-corrected chi connectivity index (χ2v) is 6.09. The minimum absolute atomic E-state index is 0.124. The van der Waals surface area contributed by atoms with E-state index in [1.54, 1.807) is 0 Å². The molecule has 1 rings (SSSR count). The lowest BCUT2D eigenvalue weighted by molar-refractivity contribution is -0.422. The molecule has 1 saturated heterocycles. The number of ether oxygens (including phenoxy) is 1. The maximum absolute atomic E-state index is 11.7. The second kappa shape index (κ2) is 7.52. The molecule has 1 atom stereocenters. The van der Waals surface area contributed by atoms with Crippen LogP contribution in [0.5, 0.6) is 0 Å². The number of hydrogen-bond acceptors (Lipinski definition) is 7. The molecule has 1 N–H and O–H groups in total. The van der Waals surface area contributed by atoms with Gasteiger partial charge in [-0.2, -0.15) is 11.8 Å². The number of carbonyl (C=O) groups excluding carboxylic acids is 1. The van der Waals surface area contributed by atoms with Crippen molar-refractivity contribution >= 4 is 29.5 Å². The summed E-state index contributed by atoms with van der Waals surface area (Å²) in [6, 6.07) is 0. The highest BCUT2D eigenvalue weighted by Crippen LogP contribution is 2.23. The van der Waals surface area contributed by atoms with E-state index in [9.17, 15) is 14.9 Å². The number of rotatable bonds is 5. The fourth-order valence-electron chi connectivity index (χ4n) is 1.23. The summed E-state index contributed by atoms with van der Waals surface area (Å²) in [5.41, 5.74) is -0.479. The predicted molar refractivity (Wildman–Crippen MR) is 73.0 cm³/mol. The Morgan fingerprint density at radius 2 is 2.44 bits per heavy atom. The molecule has 0 aromatic carbocycles. The minimum atomic E-state index is -0.863. The highest BCUT2D eigenvalue weighted by Gasteiger charge is 2.31. The quantitative estimate of drug-likeness (QED) is 0.355. The fraction of sp³-hybridized carbons (Fsp3) is 0.700. The molecule has 1 aliphatic rings. The standard InChI is InChI=1S/C10H16N2O4S2/c1-7(17-2)6-16-10(13)8(12(14)15)9-11-4-3-5-18-9/h7,11H,3-6H2,1-2H3/b9-8-. The average Bonchev–Trinajstić information content (AvgIpc) is 2.37. The van der Waals surface area contributed by atoms with Gasteiger partial charge in [0.2, 0.25) is 0 Å². The van der Waals surface area contributed by atoms with Crippen LogP contribution in [0, 0.1) is 10.1 Å². The van der Waals surface area contributed by atoms with Crippen LogP contribution in [0.1, 0.15) is 13.3 Å². The normalized spacial score (nSPS) is 19.7. The van der Waals surface area contributed by atoms with Gasteiger partial charge < -0.3 is 10.1 Å². The van der Waals surface area contributed by atoms with Crippen LogP contribution in [-0.2, 0) is 9.53 Å². The number of hydrogen-bond donors (Lipinski definition) is 1. The predicted octanol–water partition coefficient (Wildman–Crippen LogP) is 1.45. The highest BCUT2D eigenvalue weighted by atomic mass is 32.2. The molecule has 0 spiro atoms. The van der Waals surface area contributed by atoms with Gasteiger partial charge in [0.1, 0.15) is 6.61 Å². The van der Waals surface area contributed by atoms with Crippen LogP contribution in [0.4, 0.5) is 0 Å². The molecule has 0 bridgehead atoms. The summed E-state index contributed by atoms with van der Waals surface area (Å²) in [6.45, 7) is 2.72. The van der Waals surface area contributed by atoms with Gasteiger partial charge in [-0.15, -0.1) is 11.8 Å². The average molecular weight is 292 g/mol. The third kappa shape index (κ3) is 4.41. The van der Waals surface area contributed by atoms with Crippen LogP contribution < -0.4 is 5.32 Å². The fourth-order valence-corrected chi connectivity index (χ4v) is 2.43. The Balaban J connectivity index is 2.72. The summed E-state index contributed by atoms with van der Waals surface area (Å²) in [4.78, 5) is 22.0. The zero-order valence-corrected chi connectivity index (χ0v) is 11.9. The molecule has 0 aliphatic carbocycles. The lowest BCUT2D eigenvalue weighted by Gasteiger charge is -2.16. The Labute approximate surface area is 114 Å². The molecular weight excluding hydrogens is 276 g/mol. The van der Waals surface area contributed by atoms with Crippen molar-refractivity contribution in [2.45, 2.75) is 18.6 Å². The molecule has 0 aromatic heterocycles. The number of nitro groups is 1. The summed E-state index contributed by atoms with van der Waals surface area (Å²) < 4.78 is 4.96. The minimum Gasteiger partial charge on any atom is -0.456 e. The van der Waals surface area contributed by atoms with Gasteiger partial charge in [-0.3, -0.25) is 10.1 Å².